The van der Waals surface area contributed by atoms with Crippen molar-refractivity contribution in [1.29, 1.82) is 0 Å². The first-order chi connectivity index (χ1) is 9.06. The fourth-order valence-electron chi connectivity index (χ4n) is 1.82. The summed E-state index contributed by atoms with van der Waals surface area (Å²) in [5, 5.41) is 10.5. The van der Waals surface area contributed by atoms with Crippen LogP contribution in [0.25, 0.3) is 12.2 Å². The van der Waals surface area contributed by atoms with Gasteiger partial charge in [-0.15, -0.1) is 0 Å². The van der Waals surface area contributed by atoms with Crippen LogP contribution in [-0.2, 0) is 0 Å². The standard InChI is InChI=1S/C16H16ClNO/c1-11(2)15-8-4-12(9-16(15)19)3-6-14-7-5-13(17)10-18-14/h3-11,19H,1-2H3/b6-3+. The van der Waals surface area contributed by atoms with Crippen molar-refractivity contribution in [3.8, 4) is 5.75 Å². The average Bonchev–Trinajstić information content (AvgIpc) is 2.37. The molecule has 3 heteroatoms. The first-order valence-corrected chi connectivity index (χ1v) is 6.56. The number of rotatable bonds is 3. The molecule has 1 aromatic heterocycles. The molecule has 98 valence electrons. The Balaban J connectivity index is 2.19. The van der Waals surface area contributed by atoms with E-state index in [0.717, 1.165) is 16.8 Å². The Labute approximate surface area is 118 Å². The lowest BCUT2D eigenvalue weighted by atomic mass is 10.0. The van der Waals surface area contributed by atoms with Crippen LogP contribution < -0.4 is 0 Å². The van der Waals surface area contributed by atoms with Crippen molar-refractivity contribution >= 4 is 23.8 Å². The van der Waals surface area contributed by atoms with E-state index in [2.05, 4.69) is 18.8 Å². The molecule has 0 saturated heterocycles. The molecule has 0 spiro atoms. The summed E-state index contributed by atoms with van der Waals surface area (Å²) in [4.78, 5) is 4.18. The van der Waals surface area contributed by atoms with Crippen LogP contribution in [0, 0.1) is 0 Å². The van der Waals surface area contributed by atoms with E-state index in [1.165, 1.54) is 0 Å². The summed E-state index contributed by atoms with van der Waals surface area (Å²) in [5.74, 6) is 0.650. The molecular weight excluding hydrogens is 258 g/mol. The van der Waals surface area contributed by atoms with Crippen LogP contribution in [0.15, 0.2) is 36.5 Å². The summed E-state index contributed by atoms with van der Waals surface area (Å²) in [6.45, 7) is 4.12. The zero-order valence-electron chi connectivity index (χ0n) is 11.0. The molecule has 0 unspecified atom stereocenters. The van der Waals surface area contributed by atoms with Crippen LogP contribution >= 0.6 is 11.6 Å². The van der Waals surface area contributed by atoms with Gasteiger partial charge in [-0.25, -0.2) is 0 Å². The van der Waals surface area contributed by atoms with E-state index < -0.39 is 0 Å². The predicted molar refractivity (Wildman–Crippen MR) is 80.4 cm³/mol. The topological polar surface area (TPSA) is 33.1 Å². The van der Waals surface area contributed by atoms with Crippen LogP contribution in [0.3, 0.4) is 0 Å². The zero-order chi connectivity index (χ0) is 13.8. The number of benzene rings is 1. The number of pyridine rings is 1. The van der Waals surface area contributed by atoms with Crippen molar-refractivity contribution in [2.24, 2.45) is 0 Å². The van der Waals surface area contributed by atoms with Gasteiger partial charge in [0.25, 0.3) is 0 Å². The van der Waals surface area contributed by atoms with Crippen LogP contribution in [0.4, 0.5) is 0 Å². The minimum Gasteiger partial charge on any atom is -0.508 e. The summed E-state index contributed by atoms with van der Waals surface area (Å²) in [7, 11) is 0. The highest BCUT2D eigenvalue weighted by Gasteiger charge is 2.05. The minimum atomic E-state index is 0.316. The fraction of sp³-hybridized carbons (Fsp3) is 0.188. The summed E-state index contributed by atoms with van der Waals surface area (Å²) >= 11 is 5.78. The third-order valence-electron chi connectivity index (χ3n) is 2.87. The Kier molecular flexibility index (Phi) is 4.23. The molecular formula is C16H16ClNO. The Morgan fingerprint density at radius 3 is 2.53 bits per heavy atom. The molecule has 0 bridgehead atoms. The molecule has 2 aromatic rings. The van der Waals surface area contributed by atoms with E-state index in [-0.39, 0.29) is 0 Å². The molecule has 0 radical (unpaired) electrons. The van der Waals surface area contributed by atoms with E-state index in [9.17, 15) is 5.11 Å². The lowest BCUT2D eigenvalue weighted by molar-refractivity contribution is 0.465. The quantitative estimate of drug-likeness (QED) is 0.877. The zero-order valence-corrected chi connectivity index (χ0v) is 11.7. The van der Waals surface area contributed by atoms with Gasteiger partial charge >= 0.3 is 0 Å². The summed E-state index contributed by atoms with van der Waals surface area (Å²) in [6, 6.07) is 9.35. The highest BCUT2D eigenvalue weighted by atomic mass is 35.5. The molecule has 0 aliphatic rings. The number of phenolic OH excluding ortho intramolecular Hbond substituents is 1. The highest BCUT2D eigenvalue weighted by molar-refractivity contribution is 6.30. The summed E-state index contributed by atoms with van der Waals surface area (Å²) in [6.07, 6.45) is 5.42. The van der Waals surface area contributed by atoms with E-state index >= 15 is 0 Å². The van der Waals surface area contributed by atoms with Gasteiger partial charge in [0.15, 0.2) is 0 Å². The molecule has 0 aliphatic heterocycles. The normalized spacial score (nSPS) is 11.4. The second kappa shape index (κ2) is 5.89. The van der Waals surface area contributed by atoms with Gasteiger partial charge in [-0.3, -0.25) is 4.98 Å². The SMILES string of the molecule is CC(C)c1ccc(/C=C/c2ccc(Cl)cn2)cc1O. The fourth-order valence-corrected chi connectivity index (χ4v) is 1.93. The van der Waals surface area contributed by atoms with Gasteiger partial charge in [-0.05, 0) is 41.3 Å². The maximum atomic E-state index is 9.93. The molecule has 0 fully saturated rings. The Bertz CT molecular complexity index is 588. The monoisotopic (exact) mass is 273 g/mol. The van der Waals surface area contributed by atoms with Crippen molar-refractivity contribution < 1.29 is 5.11 Å². The van der Waals surface area contributed by atoms with Gasteiger partial charge in [0, 0.05) is 6.20 Å². The molecule has 2 nitrogen and oxygen atoms in total. The smallest absolute Gasteiger partial charge is 0.119 e. The van der Waals surface area contributed by atoms with E-state index in [0.29, 0.717) is 16.7 Å². The lowest BCUT2D eigenvalue weighted by Crippen LogP contribution is -1.88. The van der Waals surface area contributed by atoms with Crippen molar-refractivity contribution in [2.75, 3.05) is 0 Å². The Hall–Kier alpha value is -1.80. The van der Waals surface area contributed by atoms with Crippen molar-refractivity contribution in [3.63, 3.8) is 0 Å². The summed E-state index contributed by atoms with van der Waals surface area (Å²) < 4.78 is 0. The van der Waals surface area contributed by atoms with Crippen LogP contribution in [0.5, 0.6) is 5.75 Å². The molecule has 1 heterocycles. The number of halogens is 1. The lowest BCUT2D eigenvalue weighted by Gasteiger charge is -2.08. The van der Waals surface area contributed by atoms with Gasteiger partial charge in [0.05, 0.1) is 10.7 Å². The number of aromatic hydroxyl groups is 1. The molecule has 0 atom stereocenters. The number of aromatic nitrogens is 1. The Morgan fingerprint density at radius 2 is 1.95 bits per heavy atom. The molecule has 2 rings (SSSR count). The predicted octanol–water partition coefficient (Wildman–Crippen LogP) is 4.73. The summed E-state index contributed by atoms with van der Waals surface area (Å²) in [5.41, 5.74) is 2.73. The molecule has 1 aromatic carbocycles. The molecule has 19 heavy (non-hydrogen) atoms. The van der Waals surface area contributed by atoms with Gasteiger partial charge in [0.1, 0.15) is 5.75 Å². The maximum absolute atomic E-state index is 9.93. The average molecular weight is 274 g/mol. The van der Waals surface area contributed by atoms with Crippen LogP contribution in [0.1, 0.15) is 36.6 Å². The molecule has 0 amide bonds. The second-order valence-corrected chi connectivity index (χ2v) is 5.14. The van der Waals surface area contributed by atoms with Gasteiger partial charge < -0.3 is 5.11 Å². The van der Waals surface area contributed by atoms with Gasteiger partial charge in [-0.2, -0.15) is 0 Å². The third-order valence-corrected chi connectivity index (χ3v) is 3.10. The number of phenols is 1. The van der Waals surface area contributed by atoms with Gasteiger partial charge in [0.2, 0.25) is 0 Å². The van der Waals surface area contributed by atoms with Gasteiger partial charge in [-0.1, -0.05) is 43.7 Å². The van der Waals surface area contributed by atoms with E-state index in [1.807, 2.05) is 30.4 Å². The third kappa shape index (κ3) is 3.58. The molecule has 0 saturated carbocycles. The molecule has 1 N–H and O–H groups in total. The number of hydrogen-bond acceptors (Lipinski definition) is 2. The van der Waals surface area contributed by atoms with E-state index in [1.54, 1.807) is 18.3 Å². The van der Waals surface area contributed by atoms with Crippen molar-refractivity contribution in [2.45, 2.75) is 19.8 Å². The highest BCUT2D eigenvalue weighted by Crippen LogP contribution is 2.26. The van der Waals surface area contributed by atoms with E-state index in [4.69, 9.17) is 11.6 Å². The first kappa shape index (κ1) is 13.6. The second-order valence-electron chi connectivity index (χ2n) is 4.71. The van der Waals surface area contributed by atoms with Crippen LogP contribution in [0.2, 0.25) is 5.02 Å². The largest absolute Gasteiger partial charge is 0.508 e. The van der Waals surface area contributed by atoms with Crippen LogP contribution in [-0.4, -0.2) is 10.1 Å². The maximum Gasteiger partial charge on any atom is 0.119 e. The number of nitrogens with zero attached hydrogens (tertiary/aromatic N) is 1. The minimum absolute atomic E-state index is 0.316. The number of hydrogen-bond donors (Lipinski definition) is 1. The van der Waals surface area contributed by atoms with Crippen molar-refractivity contribution in [3.05, 3.63) is 58.4 Å². The first-order valence-electron chi connectivity index (χ1n) is 6.19. The molecule has 0 aliphatic carbocycles. The Morgan fingerprint density at radius 1 is 1.16 bits per heavy atom. The van der Waals surface area contributed by atoms with Crippen molar-refractivity contribution in [1.82, 2.24) is 4.98 Å².